The molecule has 0 heterocycles. The van der Waals surface area contributed by atoms with Crippen molar-refractivity contribution in [1.82, 2.24) is 0 Å². The van der Waals surface area contributed by atoms with Crippen LogP contribution in [0.5, 0.6) is 5.75 Å². The Kier molecular flexibility index (Phi) is 3.46. The molecule has 0 radical (unpaired) electrons. The lowest BCUT2D eigenvalue weighted by Crippen LogP contribution is -2.16. The molecular formula is C13H19NO2. The maximum atomic E-state index is 9.41. The van der Waals surface area contributed by atoms with E-state index in [2.05, 4.69) is 0 Å². The summed E-state index contributed by atoms with van der Waals surface area (Å²) < 4.78 is 5.53. The Morgan fingerprint density at radius 2 is 2.38 bits per heavy atom. The molecule has 2 rings (SSSR count). The molecule has 3 heteroatoms. The molecule has 0 saturated heterocycles. The molecule has 0 amide bonds. The molecule has 0 aliphatic heterocycles. The molecule has 1 aliphatic rings. The van der Waals surface area contributed by atoms with Gasteiger partial charge in [0.05, 0.1) is 6.10 Å². The molecule has 0 aromatic heterocycles. The van der Waals surface area contributed by atoms with Crippen molar-refractivity contribution in [1.29, 1.82) is 0 Å². The van der Waals surface area contributed by atoms with Crippen LogP contribution in [0.25, 0.3) is 0 Å². The van der Waals surface area contributed by atoms with Crippen LogP contribution in [-0.4, -0.2) is 17.8 Å². The van der Waals surface area contributed by atoms with E-state index >= 15 is 0 Å². The highest BCUT2D eigenvalue weighted by atomic mass is 16.5. The zero-order valence-corrected chi connectivity index (χ0v) is 9.65. The van der Waals surface area contributed by atoms with E-state index in [0.717, 1.165) is 25.0 Å². The highest BCUT2D eigenvalue weighted by Crippen LogP contribution is 2.31. The van der Waals surface area contributed by atoms with E-state index in [1.165, 1.54) is 11.1 Å². The molecule has 3 nitrogen and oxygen atoms in total. The maximum Gasteiger partial charge on any atom is 0.119 e. The first-order valence-electron chi connectivity index (χ1n) is 5.90. The van der Waals surface area contributed by atoms with E-state index in [-0.39, 0.29) is 12.1 Å². The maximum absolute atomic E-state index is 9.41. The minimum atomic E-state index is -0.379. The lowest BCUT2D eigenvalue weighted by atomic mass is 10.1. The third-order valence-corrected chi connectivity index (χ3v) is 3.15. The van der Waals surface area contributed by atoms with Crippen molar-refractivity contribution < 1.29 is 9.84 Å². The van der Waals surface area contributed by atoms with Crippen molar-refractivity contribution in [3.63, 3.8) is 0 Å². The number of hydrogen-bond donors (Lipinski definition) is 2. The number of fused-ring (bicyclic) bond motifs is 1. The molecule has 0 bridgehead atoms. The topological polar surface area (TPSA) is 55.5 Å². The number of aliphatic hydroxyl groups is 1. The third-order valence-electron chi connectivity index (χ3n) is 3.15. The highest BCUT2D eigenvalue weighted by molar-refractivity contribution is 5.40. The van der Waals surface area contributed by atoms with E-state index in [0.29, 0.717) is 6.61 Å². The van der Waals surface area contributed by atoms with E-state index in [1.54, 1.807) is 0 Å². The Bertz CT molecular complexity index is 365. The molecule has 3 N–H and O–H groups in total. The molecule has 1 unspecified atom stereocenters. The molecule has 1 aromatic rings. The first-order chi connectivity index (χ1) is 7.70. The van der Waals surface area contributed by atoms with Crippen LogP contribution in [0.3, 0.4) is 0 Å². The Morgan fingerprint density at radius 1 is 1.56 bits per heavy atom. The summed E-state index contributed by atoms with van der Waals surface area (Å²) in [5.74, 6) is 0.834. The summed E-state index contributed by atoms with van der Waals surface area (Å²) in [6.07, 6.45) is 2.39. The quantitative estimate of drug-likeness (QED) is 0.815. The summed E-state index contributed by atoms with van der Waals surface area (Å²) in [5, 5.41) is 9.41. The van der Waals surface area contributed by atoms with Crippen molar-refractivity contribution in [3.05, 3.63) is 29.3 Å². The summed E-state index contributed by atoms with van der Waals surface area (Å²) in [6, 6.07) is 6.21. The standard InChI is InChI=1S/C13H19NO2/c1-2-10(15)8-16-11-4-5-12-9(7-11)3-6-13(12)14/h4-5,7,10,13,15H,2-3,6,8,14H2,1H3/t10?,13-/m1/s1. The van der Waals surface area contributed by atoms with Gasteiger partial charge in [0.25, 0.3) is 0 Å². The van der Waals surface area contributed by atoms with E-state index in [9.17, 15) is 5.11 Å². The second-order valence-electron chi connectivity index (χ2n) is 4.38. The van der Waals surface area contributed by atoms with Crippen molar-refractivity contribution in [2.75, 3.05) is 6.61 Å². The van der Waals surface area contributed by atoms with Gasteiger partial charge in [0.2, 0.25) is 0 Å². The Labute approximate surface area is 96.2 Å². The molecule has 0 spiro atoms. The van der Waals surface area contributed by atoms with Gasteiger partial charge in [-0.3, -0.25) is 0 Å². The molecule has 88 valence electrons. The van der Waals surface area contributed by atoms with Crippen molar-refractivity contribution >= 4 is 0 Å². The number of nitrogens with two attached hydrogens (primary N) is 1. The third kappa shape index (κ3) is 2.36. The molecule has 16 heavy (non-hydrogen) atoms. The van der Waals surface area contributed by atoms with Gasteiger partial charge in [0, 0.05) is 6.04 Å². The average Bonchev–Trinajstić information content (AvgIpc) is 2.67. The SMILES string of the molecule is CCC(O)COc1ccc2c(c1)CC[C@H]2N. The van der Waals surface area contributed by atoms with Gasteiger partial charge in [0.1, 0.15) is 12.4 Å². The summed E-state index contributed by atoms with van der Waals surface area (Å²) >= 11 is 0. The Morgan fingerprint density at radius 3 is 3.12 bits per heavy atom. The first-order valence-corrected chi connectivity index (χ1v) is 5.90. The van der Waals surface area contributed by atoms with Crippen LogP contribution in [0.15, 0.2) is 18.2 Å². The van der Waals surface area contributed by atoms with Crippen molar-refractivity contribution in [3.8, 4) is 5.75 Å². The fourth-order valence-electron chi connectivity index (χ4n) is 2.03. The zero-order valence-electron chi connectivity index (χ0n) is 9.65. The summed E-state index contributed by atoms with van der Waals surface area (Å²) in [5.41, 5.74) is 8.49. The smallest absolute Gasteiger partial charge is 0.119 e. The second-order valence-corrected chi connectivity index (χ2v) is 4.38. The minimum absolute atomic E-state index is 0.185. The van der Waals surface area contributed by atoms with Crippen LogP contribution in [0.2, 0.25) is 0 Å². The van der Waals surface area contributed by atoms with Crippen molar-refractivity contribution in [2.24, 2.45) is 5.73 Å². The average molecular weight is 221 g/mol. The van der Waals surface area contributed by atoms with E-state index in [4.69, 9.17) is 10.5 Å². The van der Waals surface area contributed by atoms with Gasteiger partial charge in [-0.2, -0.15) is 0 Å². The molecule has 0 saturated carbocycles. The number of aryl methyl sites for hydroxylation is 1. The van der Waals surface area contributed by atoms with E-state index in [1.807, 2.05) is 25.1 Å². The van der Waals surface area contributed by atoms with Crippen LogP contribution in [0.4, 0.5) is 0 Å². The molecular weight excluding hydrogens is 202 g/mol. The number of hydrogen-bond acceptors (Lipinski definition) is 3. The normalized spacial score (nSPS) is 20.6. The fourth-order valence-corrected chi connectivity index (χ4v) is 2.03. The number of ether oxygens (including phenoxy) is 1. The van der Waals surface area contributed by atoms with Gasteiger partial charge < -0.3 is 15.6 Å². The van der Waals surface area contributed by atoms with Crippen LogP contribution < -0.4 is 10.5 Å². The van der Waals surface area contributed by atoms with Crippen LogP contribution >= 0.6 is 0 Å². The van der Waals surface area contributed by atoms with E-state index < -0.39 is 0 Å². The van der Waals surface area contributed by atoms with Gasteiger partial charge in [-0.05, 0) is 42.5 Å². The molecule has 1 aromatic carbocycles. The van der Waals surface area contributed by atoms with Gasteiger partial charge in [-0.1, -0.05) is 13.0 Å². The number of benzene rings is 1. The predicted molar refractivity (Wildman–Crippen MR) is 63.5 cm³/mol. The summed E-state index contributed by atoms with van der Waals surface area (Å²) in [6.45, 7) is 2.30. The summed E-state index contributed by atoms with van der Waals surface area (Å²) in [4.78, 5) is 0. The fraction of sp³-hybridized carbons (Fsp3) is 0.538. The first kappa shape index (κ1) is 11.4. The van der Waals surface area contributed by atoms with Crippen LogP contribution in [-0.2, 0) is 6.42 Å². The van der Waals surface area contributed by atoms with Crippen molar-refractivity contribution in [2.45, 2.75) is 38.3 Å². The number of aliphatic hydroxyl groups excluding tert-OH is 1. The minimum Gasteiger partial charge on any atom is -0.491 e. The largest absolute Gasteiger partial charge is 0.491 e. The molecule has 0 fully saturated rings. The van der Waals surface area contributed by atoms with Crippen LogP contribution in [0.1, 0.15) is 36.9 Å². The zero-order chi connectivity index (χ0) is 11.5. The van der Waals surface area contributed by atoms with Gasteiger partial charge >= 0.3 is 0 Å². The van der Waals surface area contributed by atoms with Gasteiger partial charge in [-0.25, -0.2) is 0 Å². The monoisotopic (exact) mass is 221 g/mol. The molecule has 1 aliphatic carbocycles. The van der Waals surface area contributed by atoms with Crippen LogP contribution in [0, 0.1) is 0 Å². The lowest BCUT2D eigenvalue weighted by molar-refractivity contribution is 0.104. The highest BCUT2D eigenvalue weighted by Gasteiger charge is 2.19. The molecule has 2 atom stereocenters. The number of rotatable bonds is 4. The second kappa shape index (κ2) is 4.85. The van der Waals surface area contributed by atoms with Gasteiger partial charge in [-0.15, -0.1) is 0 Å². The lowest BCUT2D eigenvalue weighted by Gasteiger charge is -2.12. The Hall–Kier alpha value is -1.06. The predicted octanol–water partition coefficient (Wildman–Crippen LogP) is 1.78. The Balaban J connectivity index is 2.02. The van der Waals surface area contributed by atoms with Gasteiger partial charge in [0.15, 0.2) is 0 Å². The summed E-state index contributed by atoms with van der Waals surface area (Å²) in [7, 11) is 0.